The van der Waals surface area contributed by atoms with E-state index in [9.17, 15) is 13.2 Å². The highest BCUT2D eigenvalue weighted by molar-refractivity contribution is 5.27. The van der Waals surface area contributed by atoms with Gasteiger partial charge in [-0.3, -0.25) is 0 Å². The Bertz CT molecular complexity index is 312. The standard InChI is InChI=1S/C9H10F3N/c1-5-2-3-6(7(13)4-10)9(12)8(5)11/h2-3,7H,4,13H2,1H3/t7-/m1/s1. The molecule has 1 atom stereocenters. The first-order valence-corrected chi connectivity index (χ1v) is 3.84. The van der Waals surface area contributed by atoms with Gasteiger partial charge in [-0.05, 0) is 12.5 Å². The molecule has 4 heteroatoms. The molecule has 0 bridgehead atoms. The number of alkyl halides is 1. The zero-order valence-corrected chi connectivity index (χ0v) is 7.15. The van der Waals surface area contributed by atoms with Crippen molar-refractivity contribution in [3.05, 3.63) is 34.9 Å². The number of benzene rings is 1. The van der Waals surface area contributed by atoms with Gasteiger partial charge in [-0.15, -0.1) is 0 Å². The van der Waals surface area contributed by atoms with Crippen molar-refractivity contribution in [3.8, 4) is 0 Å². The Hall–Kier alpha value is -1.03. The van der Waals surface area contributed by atoms with E-state index in [-0.39, 0.29) is 11.1 Å². The fourth-order valence-electron chi connectivity index (χ4n) is 1.03. The summed E-state index contributed by atoms with van der Waals surface area (Å²) >= 11 is 0. The van der Waals surface area contributed by atoms with Gasteiger partial charge in [-0.1, -0.05) is 12.1 Å². The van der Waals surface area contributed by atoms with Crippen LogP contribution in [-0.2, 0) is 0 Å². The van der Waals surface area contributed by atoms with Gasteiger partial charge >= 0.3 is 0 Å². The number of halogens is 3. The van der Waals surface area contributed by atoms with E-state index in [1.165, 1.54) is 19.1 Å². The molecule has 13 heavy (non-hydrogen) atoms. The quantitative estimate of drug-likeness (QED) is 0.758. The first-order chi connectivity index (χ1) is 6.07. The average molecular weight is 189 g/mol. The van der Waals surface area contributed by atoms with Gasteiger partial charge < -0.3 is 5.73 Å². The lowest BCUT2D eigenvalue weighted by molar-refractivity contribution is 0.416. The number of hydrogen-bond acceptors (Lipinski definition) is 1. The summed E-state index contributed by atoms with van der Waals surface area (Å²) in [5.41, 5.74) is 5.30. The highest BCUT2D eigenvalue weighted by Crippen LogP contribution is 2.20. The van der Waals surface area contributed by atoms with Crippen LogP contribution >= 0.6 is 0 Å². The van der Waals surface area contributed by atoms with Crippen LogP contribution in [0.1, 0.15) is 17.2 Å². The van der Waals surface area contributed by atoms with Crippen molar-refractivity contribution in [1.82, 2.24) is 0 Å². The molecule has 1 rings (SSSR count). The molecule has 0 radical (unpaired) electrons. The van der Waals surface area contributed by atoms with Crippen LogP contribution in [0.25, 0.3) is 0 Å². The summed E-state index contributed by atoms with van der Waals surface area (Å²) in [6, 6.07) is 1.59. The molecule has 0 fully saturated rings. The fourth-order valence-corrected chi connectivity index (χ4v) is 1.03. The van der Waals surface area contributed by atoms with Gasteiger partial charge in [0.15, 0.2) is 11.6 Å². The van der Waals surface area contributed by atoms with E-state index >= 15 is 0 Å². The SMILES string of the molecule is Cc1ccc([C@H](N)CF)c(F)c1F. The van der Waals surface area contributed by atoms with E-state index in [2.05, 4.69) is 0 Å². The zero-order chi connectivity index (χ0) is 10.0. The molecule has 1 aromatic carbocycles. The van der Waals surface area contributed by atoms with E-state index in [1.54, 1.807) is 0 Å². The average Bonchev–Trinajstić information content (AvgIpc) is 2.13. The Morgan fingerprint density at radius 3 is 2.46 bits per heavy atom. The molecule has 1 aromatic rings. The number of nitrogens with two attached hydrogens (primary N) is 1. The predicted octanol–water partition coefficient (Wildman–Crippen LogP) is 2.24. The van der Waals surface area contributed by atoms with Gasteiger partial charge in [0.1, 0.15) is 6.67 Å². The van der Waals surface area contributed by atoms with Gasteiger partial charge in [0.05, 0.1) is 6.04 Å². The number of aryl methyl sites for hydroxylation is 1. The van der Waals surface area contributed by atoms with E-state index in [4.69, 9.17) is 5.73 Å². The molecule has 2 N–H and O–H groups in total. The molecule has 1 nitrogen and oxygen atoms in total. The van der Waals surface area contributed by atoms with Crippen LogP contribution in [0, 0.1) is 18.6 Å². The molecular formula is C9H10F3N. The first kappa shape index (κ1) is 10.1. The predicted molar refractivity (Wildman–Crippen MR) is 44.0 cm³/mol. The van der Waals surface area contributed by atoms with Gasteiger partial charge in [0, 0.05) is 5.56 Å². The summed E-state index contributed by atoms with van der Waals surface area (Å²) in [6.07, 6.45) is 0. The molecule has 0 spiro atoms. The molecule has 0 amide bonds. The lowest BCUT2D eigenvalue weighted by Crippen LogP contribution is -2.15. The Labute approximate surface area is 74.4 Å². The van der Waals surface area contributed by atoms with Crippen molar-refractivity contribution >= 4 is 0 Å². The van der Waals surface area contributed by atoms with Gasteiger partial charge in [-0.25, -0.2) is 13.2 Å². The third kappa shape index (κ3) is 1.83. The van der Waals surface area contributed by atoms with Crippen molar-refractivity contribution in [2.45, 2.75) is 13.0 Å². The highest BCUT2D eigenvalue weighted by atomic mass is 19.2. The van der Waals surface area contributed by atoms with Crippen LogP contribution in [0.4, 0.5) is 13.2 Å². The molecule has 0 aromatic heterocycles. The summed E-state index contributed by atoms with van der Waals surface area (Å²) in [6.45, 7) is 0.530. The first-order valence-electron chi connectivity index (χ1n) is 3.84. The monoisotopic (exact) mass is 189 g/mol. The van der Waals surface area contributed by atoms with Gasteiger partial charge in [0.25, 0.3) is 0 Å². The lowest BCUT2D eigenvalue weighted by atomic mass is 10.1. The minimum absolute atomic E-state index is 0.120. The van der Waals surface area contributed by atoms with Crippen LogP contribution in [0.3, 0.4) is 0 Å². The maximum atomic E-state index is 13.1. The Kier molecular flexibility index (Phi) is 2.93. The number of hydrogen-bond donors (Lipinski definition) is 1. The minimum atomic E-state index is -1.09. The Balaban J connectivity index is 3.18. The second-order valence-corrected chi connectivity index (χ2v) is 2.86. The van der Waals surface area contributed by atoms with E-state index in [0.717, 1.165) is 0 Å². The van der Waals surface area contributed by atoms with Crippen molar-refractivity contribution in [3.63, 3.8) is 0 Å². The van der Waals surface area contributed by atoms with Gasteiger partial charge in [0.2, 0.25) is 0 Å². The highest BCUT2D eigenvalue weighted by Gasteiger charge is 2.15. The summed E-state index contributed by atoms with van der Waals surface area (Å²) in [5.74, 6) is -2.01. The molecule has 72 valence electrons. The van der Waals surface area contributed by atoms with E-state index in [0.29, 0.717) is 0 Å². The largest absolute Gasteiger partial charge is 0.322 e. The van der Waals surface area contributed by atoms with Crippen LogP contribution < -0.4 is 5.73 Å². The van der Waals surface area contributed by atoms with E-state index < -0.39 is 24.4 Å². The summed E-state index contributed by atoms with van der Waals surface area (Å²) < 4.78 is 38.1. The smallest absolute Gasteiger partial charge is 0.163 e. The maximum Gasteiger partial charge on any atom is 0.163 e. The molecule has 0 aliphatic rings. The summed E-state index contributed by atoms with van der Waals surface area (Å²) in [5, 5.41) is 0. The van der Waals surface area contributed by atoms with Crippen LogP contribution in [-0.4, -0.2) is 6.67 Å². The molecule has 0 aliphatic carbocycles. The van der Waals surface area contributed by atoms with Crippen LogP contribution in [0.15, 0.2) is 12.1 Å². The zero-order valence-electron chi connectivity index (χ0n) is 7.15. The van der Waals surface area contributed by atoms with Crippen molar-refractivity contribution < 1.29 is 13.2 Å². The lowest BCUT2D eigenvalue weighted by Gasteiger charge is -2.09. The maximum absolute atomic E-state index is 13.1. The van der Waals surface area contributed by atoms with Crippen molar-refractivity contribution in [2.24, 2.45) is 5.73 Å². The molecule has 0 unspecified atom stereocenters. The third-order valence-electron chi connectivity index (χ3n) is 1.87. The Morgan fingerprint density at radius 2 is 1.92 bits per heavy atom. The molecule has 0 saturated heterocycles. The van der Waals surface area contributed by atoms with E-state index in [1.807, 2.05) is 0 Å². The van der Waals surface area contributed by atoms with Crippen molar-refractivity contribution in [1.29, 1.82) is 0 Å². The normalized spacial score (nSPS) is 13.0. The van der Waals surface area contributed by atoms with Crippen molar-refractivity contribution in [2.75, 3.05) is 6.67 Å². The number of rotatable bonds is 2. The molecule has 0 aliphatic heterocycles. The van der Waals surface area contributed by atoms with Gasteiger partial charge in [-0.2, -0.15) is 0 Å². The summed E-state index contributed by atoms with van der Waals surface area (Å²) in [4.78, 5) is 0. The minimum Gasteiger partial charge on any atom is -0.322 e. The molecule has 0 saturated carbocycles. The molecular weight excluding hydrogens is 179 g/mol. The topological polar surface area (TPSA) is 26.0 Å². The second kappa shape index (κ2) is 3.79. The fraction of sp³-hybridized carbons (Fsp3) is 0.333. The summed E-state index contributed by atoms with van der Waals surface area (Å²) in [7, 11) is 0. The van der Waals surface area contributed by atoms with Crippen LogP contribution in [0.5, 0.6) is 0 Å². The third-order valence-corrected chi connectivity index (χ3v) is 1.87. The Morgan fingerprint density at radius 1 is 1.31 bits per heavy atom. The second-order valence-electron chi connectivity index (χ2n) is 2.86. The molecule has 0 heterocycles. The van der Waals surface area contributed by atoms with Crippen LogP contribution in [0.2, 0.25) is 0 Å².